The van der Waals surface area contributed by atoms with Crippen LogP contribution in [0, 0.1) is 5.92 Å². The fraction of sp³-hybridized carbons (Fsp3) is 0.733. The Morgan fingerprint density at radius 3 is 3.29 bits per heavy atom. The Kier molecular flexibility index (Phi) is 4.73. The van der Waals surface area contributed by atoms with E-state index in [2.05, 4.69) is 14.9 Å². The van der Waals surface area contributed by atoms with Gasteiger partial charge in [0.05, 0.1) is 0 Å². The molecule has 2 amide bonds. The third-order valence-corrected chi connectivity index (χ3v) is 5.81. The number of imidazole rings is 1. The van der Waals surface area contributed by atoms with Crippen LogP contribution in [0.3, 0.4) is 0 Å². The van der Waals surface area contributed by atoms with Crippen molar-refractivity contribution in [3.8, 4) is 0 Å². The third-order valence-electron chi connectivity index (χ3n) is 4.42. The summed E-state index contributed by atoms with van der Waals surface area (Å²) < 4.78 is 2.22. The molecule has 3 heterocycles. The summed E-state index contributed by atoms with van der Waals surface area (Å²) in [6.45, 7) is 2.61. The van der Waals surface area contributed by atoms with Crippen molar-refractivity contribution in [2.24, 2.45) is 5.92 Å². The number of carbonyl (C=O) groups excluding carboxylic acids is 1. The van der Waals surface area contributed by atoms with Crippen LogP contribution in [0.2, 0.25) is 0 Å². The molecule has 116 valence electrons. The molecule has 2 aliphatic heterocycles. The molecule has 3 rings (SSSR count). The number of rotatable bonds is 4. The molecule has 0 saturated carbocycles. The number of carbonyl (C=O) groups is 1. The van der Waals surface area contributed by atoms with Gasteiger partial charge in [0, 0.05) is 50.7 Å². The highest BCUT2D eigenvalue weighted by molar-refractivity contribution is 8.00. The smallest absolute Gasteiger partial charge is 0.317 e. The second-order valence-electron chi connectivity index (χ2n) is 6.10. The first-order valence-electron chi connectivity index (χ1n) is 7.83. The molecular weight excluding hydrogens is 284 g/mol. The van der Waals surface area contributed by atoms with E-state index in [1.54, 1.807) is 0 Å². The normalized spacial score (nSPS) is 24.6. The molecule has 0 radical (unpaired) electrons. The van der Waals surface area contributed by atoms with Crippen LogP contribution >= 0.6 is 11.8 Å². The zero-order valence-corrected chi connectivity index (χ0v) is 13.4. The lowest BCUT2D eigenvalue weighted by molar-refractivity contribution is 0.192. The van der Waals surface area contributed by atoms with Gasteiger partial charge in [0.2, 0.25) is 0 Å². The molecule has 2 atom stereocenters. The standard InChI is InChI=1S/C15H24N4OS/c1-18(15(20)17-9-13-3-2-8-21-13)10-12-4-5-14-16-6-7-19(14)11-12/h6-7,12-13H,2-5,8-11H2,1H3,(H,17,20)/t12-,13+/m0/s1. The number of hydrogen-bond acceptors (Lipinski definition) is 3. The predicted molar refractivity (Wildman–Crippen MR) is 85.5 cm³/mol. The Bertz CT molecular complexity index is 484. The van der Waals surface area contributed by atoms with Gasteiger partial charge >= 0.3 is 6.03 Å². The molecular formula is C15H24N4OS. The van der Waals surface area contributed by atoms with Gasteiger partial charge < -0.3 is 14.8 Å². The zero-order chi connectivity index (χ0) is 14.7. The van der Waals surface area contributed by atoms with Gasteiger partial charge in [-0.05, 0) is 30.9 Å². The minimum absolute atomic E-state index is 0.0685. The molecule has 0 aromatic carbocycles. The van der Waals surface area contributed by atoms with E-state index in [9.17, 15) is 4.79 Å². The third kappa shape index (κ3) is 3.73. The van der Waals surface area contributed by atoms with Crippen LogP contribution in [0.25, 0.3) is 0 Å². The number of nitrogens with one attached hydrogen (secondary N) is 1. The summed E-state index contributed by atoms with van der Waals surface area (Å²) in [6, 6.07) is 0.0685. The summed E-state index contributed by atoms with van der Waals surface area (Å²) in [5.41, 5.74) is 0. The van der Waals surface area contributed by atoms with Crippen molar-refractivity contribution < 1.29 is 4.79 Å². The monoisotopic (exact) mass is 308 g/mol. The van der Waals surface area contributed by atoms with E-state index in [0.717, 1.165) is 32.5 Å². The molecule has 0 spiro atoms. The number of aromatic nitrogens is 2. The first-order valence-corrected chi connectivity index (χ1v) is 8.88. The summed E-state index contributed by atoms with van der Waals surface area (Å²) >= 11 is 1.98. The van der Waals surface area contributed by atoms with Gasteiger partial charge in [-0.15, -0.1) is 0 Å². The van der Waals surface area contributed by atoms with E-state index < -0.39 is 0 Å². The minimum atomic E-state index is 0.0685. The summed E-state index contributed by atoms with van der Waals surface area (Å²) in [7, 11) is 1.90. The molecule has 1 aromatic rings. The van der Waals surface area contributed by atoms with Gasteiger partial charge in [0.15, 0.2) is 0 Å². The lowest BCUT2D eigenvalue weighted by atomic mass is 9.99. The van der Waals surface area contributed by atoms with Crippen LogP contribution in [-0.4, -0.2) is 51.6 Å². The zero-order valence-electron chi connectivity index (χ0n) is 12.6. The van der Waals surface area contributed by atoms with Gasteiger partial charge in [0.25, 0.3) is 0 Å². The molecule has 2 aliphatic rings. The van der Waals surface area contributed by atoms with Crippen LogP contribution in [0.1, 0.15) is 25.1 Å². The average Bonchev–Trinajstić information content (AvgIpc) is 3.15. The van der Waals surface area contributed by atoms with E-state index in [4.69, 9.17) is 0 Å². The summed E-state index contributed by atoms with van der Waals surface area (Å²) in [6.07, 6.45) is 8.57. The van der Waals surface area contributed by atoms with Crippen LogP contribution in [-0.2, 0) is 13.0 Å². The fourth-order valence-electron chi connectivity index (χ4n) is 3.20. The molecule has 1 saturated heterocycles. The molecule has 1 fully saturated rings. The van der Waals surface area contributed by atoms with Crippen molar-refractivity contribution >= 4 is 17.8 Å². The van der Waals surface area contributed by atoms with Gasteiger partial charge in [-0.1, -0.05) is 0 Å². The Morgan fingerprint density at radius 1 is 1.57 bits per heavy atom. The summed E-state index contributed by atoms with van der Waals surface area (Å²) in [5, 5.41) is 3.69. The lowest BCUT2D eigenvalue weighted by Crippen LogP contribution is -2.43. The van der Waals surface area contributed by atoms with Crippen molar-refractivity contribution in [3.05, 3.63) is 18.2 Å². The summed E-state index contributed by atoms with van der Waals surface area (Å²) in [4.78, 5) is 18.3. The number of aryl methyl sites for hydroxylation is 1. The average molecular weight is 308 g/mol. The quantitative estimate of drug-likeness (QED) is 0.925. The topological polar surface area (TPSA) is 50.2 Å². The second-order valence-corrected chi connectivity index (χ2v) is 7.51. The van der Waals surface area contributed by atoms with E-state index in [1.807, 2.05) is 36.1 Å². The van der Waals surface area contributed by atoms with E-state index in [1.165, 1.54) is 24.4 Å². The maximum absolute atomic E-state index is 12.2. The maximum atomic E-state index is 12.2. The van der Waals surface area contributed by atoms with E-state index in [0.29, 0.717) is 11.2 Å². The van der Waals surface area contributed by atoms with Crippen molar-refractivity contribution in [2.75, 3.05) is 25.9 Å². The molecule has 5 nitrogen and oxygen atoms in total. The van der Waals surface area contributed by atoms with Crippen molar-refractivity contribution in [2.45, 2.75) is 37.5 Å². The largest absolute Gasteiger partial charge is 0.337 e. The van der Waals surface area contributed by atoms with Crippen LogP contribution < -0.4 is 5.32 Å². The maximum Gasteiger partial charge on any atom is 0.317 e. The molecule has 1 N–H and O–H groups in total. The second kappa shape index (κ2) is 6.73. The Morgan fingerprint density at radius 2 is 2.48 bits per heavy atom. The number of thioether (sulfide) groups is 1. The fourth-order valence-corrected chi connectivity index (χ4v) is 4.40. The number of amides is 2. The molecule has 0 bridgehead atoms. The first-order chi connectivity index (χ1) is 10.2. The molecule has 21 heavy (non-hydrogen) atoms. The Hall–Kier alpha value is -1.17. The first kappa shape index (κ1) is 14.8. The highest BCUT2D eigenvalue weighted by Gasteiger charge is 2.22. The number of fused-ring (bicyclic) bond motifs is 1. The summed E-state index contributed by atoms with van der Waals surface area (Å²) in [5.74, 6) is 2.95. The van der Waals surface area contributed by atoms with Gasteiger partial charge in [-0.2, -0.15) is 11.8 Å². The Balaban J connectivity index is 1.43. The Labute approximate surface area is 130 Å². The van der Waals surface area contributed by atoms with Crippen molar-refractivity contribution in [3.63, 3.8) is 0 Å². The van der Waals surface area contributed by atoms with Gasteiger partial charge in [-0.3, -0.25) is 0 Å². The lowest BCUT2D eigenvalue weighted by Gasteiger charge is -2.28. The SMILES string of the molecule is CN(C[C@@H]1CCc2nccn2C1)C(=O)NC[C@H]1CCCS1. The minimum Gasteiger partial charge on any atom is -0.337 e. The van der Waals surface area contributed by atoms with Crippen LogP contribution in [0.5, 0.6) is 0 Å². The molecule has 0 unspecified atom stereocenters. The number of urea groups is 1. The molecule has 0 aliphatic carbocycles. The van der Waals surface area contributed by atoms with Gasteiger partial charge in [0.1, 0.15) is 5.82 Å². The number of hydrogen-bond donors (Lipinski definition) is 1. The molecule has 1 aromatic heterocycles. The number of nitrogens with zero attached hydrogens (tertiary/aromatic N) is 3. The highest BCUT2D eigenvalue weighted by atomic mass is 32.2. The predicted octanol–water partition coefficient (Wildman–Crippen LogP) is 1.98. The van der Waals surface area contributed by atoms with Crippen LogP contribution in [0.4, 0.5) is 4.79 Å². The van der Waals surface area contributed by atoms with Crippen molar-refractivity contribution in [1.29, 1.82) is 0 Å². The highest BCUT2D eigenvalue weighted by Crippen LogP contribution is 2.25. The van der Waals surface area contributed by atoms with Crippen molar-refractivity contribution in [1.82, 2.24) is 19.8 Å². The van der Waals surface area contributed by atoms with Gasteiger partial charge in [-0.25, -0.2) is 9.78 Å². The van der Waals surface area contributed by atoms with E-state index in [-0.39, 0.29) is 6.03 Å². The van der Waals surface area contributed by atoms with E-state index >= 15 is 0 Å². The molecule has 6 heteroatoms. The van der Waals surface area contributed by atoms with Crippen LogP contribution in [0.15, 0.2) is 12.4 Å².